The second-order valence-corrected chi connectivity index (χ2v) is 6.39. The van der Waals surface area contributed by atoms with E-state index in [-0.39, 0.29) is 24.8 Å². The van der Waals surface area contributed by atoms with Crippen molar-refractivity contribution in [2.75, 3.05) is 40.4 Å². The monoisotopic (exact) mass is 376 g/mol. The van der Waals surface area contributed by atoms with Crippen LogP contribution in [0.2, 0.25) is 0 Å². The van der Waals surface area contributed by atoms with Crippen molar-refractivity contribution in [1.82, 2.24) is 10.2 Å². The smallest absolute Gasteiger partial charge is 0.161 e. The van der Waals surface area contributed by atoms with E-state index in [1.807, 2.05) is 0 Å². The Labute approximate surface area is 158 Å². The Bertz CT molecular complexity index is 490. The van der Waals surface area contributed by atoms with Gasteiger partial charge < -0.3 is 14.8 Å². The first-order chi connectivity index (χ1) is 10.8. The van der Waals surface area contributed by atoms with E-state index in [0.717, 1.165) is 43.6 Å². The fourth-order valence-electron chi connectivity index (χ4n) is 4.05. The molecule has 1 atom stereocenters. The zero-order chi connectivity index (χ0) is 15.4. The van der Waals surface area contributed by atoms with Gasteiger partial charge in [-0.05, 0) is 36.5 Å². The second-order valence-electron chi connectivity index (χ2n) is 6.39. The molecule has 4 nitrogen and oxygen atoms in total. The van der Waals surface area contributed by atoms with Crippen LogP contribution in [-0.2, 0) is 0 Å². The van der Waals surface area contributed by atoms with E-state index in [0.29, 0.717) is 6.04 Å². The number of methoxy groups -OCH3 is 2. The van der Waals surface area contributed by atoms with E-state index in [1.54, 1.807) is 14.2 Å². The van der Waals surface area contributed by atoms with Crippen molar-refractivity contribution >= 4 is 24.8 Å². The minimum atomic E-state index is 0. The summed E-state index contributed by atoms with van der Waals surface area (Å²) in [5, 5.41) is 3.47. The summed E-state index contributed by atoms with van der Waals surface area (Å²) >= 11 is 0. The summed E-state index contributed by atoms with van der Waals surface area (Å²) < 4.78 is 10.9. The van der Waals surface area contributed by atoms with E-state index in [9.17, 15) is 0 Å². The molecule has 1 heterocycles. The lowest BCUT2D eigenvalue weighted by Gasteiger charge is -2.38. The van der Waals surface area contributed by atoms with Crippen LogP contribution in [0.4, 0.5) is 0 Å². The lowest BCUT2D eigenvalue weighted by atomic mass is 9.89. The molecule has 0 spiro atoms. The number of ether oxygens (including phenoxy) is 2. The minimum Gasteiger partial charge on any atom is -0.493 e. The van der Waals surface area contributed by atoms with Crippen molar-refractivity contribution in [3.63, 3.8) is 0 Å². The lowest BCUT2D eigenvalue weighted by molar-refractivity contribution is 0.125. The van der Waals surface area contributed by atoms with E-state index < -0.39 is 0 Å². The minimum absolute atomic E-state index is 0. The van der Waals surface area contributed by atoms with Gasteiger partial charge in [-0.15, -0.1) is 24.8 Å². The van der Waals surface area contributed by atoms with Gasteiger partial charge in [0.2, 0.25) is 0 Å². The summed E-state index contributed by atoms with van der Waals surface area (Å²) in [6.07, 6.45) is 5.45. The first-order valence-corrected chi connectivity index (χ1v) is 8.50. The summed E-state index contributed by atoms with van der Waals surface area (Å²) in [5.41, 5.74) is 1.38. The normalized spacial score (nSPS) is 19.9. The van der Waals surface area contributed by atoms with Crippen LogP contribution in [0.5, 0.6) is 11.5 Å². The van der Waals surface area contributed by atoms with Crippen molar-refractivity contribution in [2.24, 2.45) is 5.92 Å². The quantitative estimate of drug-likeness (QED) is 0.849. The zero-order valence-electron chi connectivity index (χ0n) is 14.6. The SMILES string of the molecule is COc1ccc([C@@H](C2CCCC2)N2CCNCC2)cc1OC.Cl.Cl. The van der Waals surface area contributed by atoms with Gasteiger partial charge in [-0.25, -0.2) is 0 Å². The summed E-state index contributed by atoms with van der Waals surface area (Å²) in [6, 6.07) is 6.98. The molecule has 1 aliphatic carbocycles. The van der Waals surface area contributed by atoms with E-state index in [2.05, 4.69) is 28.4 Å². The number of benzene rings is 1. The highest BCUT2D eigenvalue weighted by Crippen LogP contribution is 2.41. The third-order valence-electron chi connectivity index (χ3n) is 5.14. The van der Waals surface area contributed by atoms with Gasteiger partial charge in [0.05, 0.1) is 14.2 Å². The van der Waals surface area contributed by atoms with Crippen LogP contribution >= 0.6 is 24.8 Å². The number of halogens is 2. The van der Waals surface area contributed by atoms with Crippen LogP contribution in [0.25, 0.3) is 0 Å². The Morgan fingerprint density at radius 2 is 1.62 bits per heavy atom. The van der Waals surface area contributed by atoms with Crippen molar-refractivity contribution in [3.8, 4) is 11.5 Å². The molecule has 3 rings (SSSR count). The molecule has 0 aromatic heterocycles. The Hall–Kier alpha value is -0.680. The van der Waals surface area contributed by atoms with Crippen LogP contribution in [0.3, 0.4) is 0 Å². The van der Waals surface area contributed by atoms with Crippen molar-refractivity contribution in [1.29, 1.82) is 0 Å². The van der Waals surface area contributed by atoms with E-state index in [4.69, 9.17) is 9.47 Å². The molecule has 0 bridgehead atoms. The molecule has 138 valence electrons. The topological polar surface area (TPSA) is 33.7 Å². The molecule has 1 aliphatic heterocycles. The highest BCUT2D eigenvalue weighted by Gasteiger charge is 2.32. The summed E-state index contributed by atoms with van der Waals surface area (Å²) in [4.78, 5) is 2.66. The molecule has 2 aliphatic rings. The van der Waals surface area contributed by atoms with Crippen molar-refractivity contribution in [3.05, 3.63) is 23.8 Å². The van der Waals surface area contributed by atoms with Crippen LogP contribution in [0.1, 0.15) is 37.3 Å². The molecule has 1 N–H and O–H groups in total. The number of hydrogen-bond acceptors (Lipinski definition) is 4. The standard InChI is InChI=1S/C18H28N2O2.2ClH/c1-21-16-8-7-15(13-17(16)22-2)18(14-5-3-4-6-14)20-11-9-19-10-12-20;;/h7-8,13-14,18-19H,3-6,9-12H2,1-2H3;2*1H/t18-;;/m1../s1. The van der Waals surface area contributed by atoms with Crippen LogP contribution < -0.4 is 14.8 Å². The predicted molar refractivity (Wildman–Crippen MR) is 103 cm³/mol. The van der Waals surface area contributed by atoms with Gasteiger partial charge in [0.15, 0.2) is 11.5 Å². The molecule has 2 fully saturated rings. The van der Waals surface area contributed by atoms with Crippen LogP contribution in [0, 0.1) is 5.92 Å². The molecule has 1 saturated heterocycles. The van der Waals surface area contributed by atoms with Crippen LogP contribution in [0.15, 0.2) is 18.2 Å². The van der Waals surface area contributed by atoms with Gasteiger partial charge in [0.1, 0.15) is 0 Å². The average molecular weight is 377 g/mol. The predicted octanol–water partition coefficient (Wildman–Crippen LogP) is 3.68. The van der Waals surface area contributed by atoms with Gasteiger partial charge in [0, 0.05) is 32.2 Å². The molecule has 0 unspecified atom stereocenters. The number of nitrogens with zero attached hydrogens (tertiary/aromatic N) is 1. The third-order valence-corrected chi connectivity index (χ3v) is 5.14. The molecule has 1 saturated carbocycles. The molecule has 0 amide bonds. The first kappa shape index (κ1) is 21.4. The maximum Gasteiger partial charge on any atom is 0.161 e. The zero-order valence-corrected chi connectivity index (χ0v) is 16.3. The lowest BCUT2D eigenvalue weighted by Crippen LogP contribution is -2.46. The molecule has 6 heteroatoms. The molecular weight excluding hydrogens is 347 g/mol. The Morgan fingerprint density at radius 1 is 1.00 bits per heavy atom. The highest BCUT2D eigenvalue weighted by molar-refractivity contribution is 5.85. The van der Waals surface area contributed by atoms with Crippen LogP contribution in [-0.4, -0.2) is 45.3 Å². The fourth-order valence-corrected chi connectivity index (χ4v) is 4.05. The largest absolute Gasteiger partial charge is 0.493 e. The third kappa shape index (κ3) is 4.69. The molecule has 1 aromatic rings. The molecule has 0 radical (unpaired) electrons. The Balaban J connectivity index is 0.00000144. The number of nitrogens with one attached hydrogen (secondary N) is 1. The second kappa shape index (κ2) is 10.3. The number of hydrogen-bond donors (Lipinski definition) is 1. The number of rotatable bonds is 5. The maximum absolute atomic E-state index is 5.52. The van der Waals surface area contributed by atoms with Gasteiger partial charge in [-0.3, -0.25) is 4.90 Å². The van der Waals surface area contributed by atoms with Gasteiger partial charge in [0.25, 0.3) is 0 Å². The van der Waals surface area contributed by atoms with Gasteiger partial charge in [-0.1, -0.05) is 18.9 Å². The molecular formula is C18H30Cl2N2O2. The Morgan fingerprint density at radius 3 is 2.21 bits per heavy atom. The Kier molecular flexibility index (Phi) is 9.21. The molecule has 24 heavy (non-hydrogen) atoms. The van der Waals surface area contributed by atoms with Crippen molar-refractivity contribution in [2.45, 2.75) is 31.7 Å². The fraction of sp³-hybridized carbons (Fsp3) is 0.667. The maximum atomic E-state index is 5.52. The summed E-state index contributed by atoms with van der Waals surface area (Å²) in [7, 11) is 3.42. The highest BCUT2D eigenvalue weighted by atomic mass is 35.5. The first-order valence-electron chi connectivity index (χ1n) is 8.50. The summed E-state index contributed by atoms with van der Waals surface area (Å²) in [6.45, 7) is 4.46. The summed E-state index contributed by atoms with van der Waals surface area (Å²) in [5.74, 6) is 2.44. The number of piperazine rings is 1. The van der Waals surface area contributed by atoms with Crippen molar-refractivity contribution < 1.29 is 9.47 Å². The van der Waals surface area contributed by atoms with E-state index >= 15 is 0 Å². The molecule has 1 aromatic carbocycles. The average Bonchev–Trinajstić information content (AvgIpc) is 3.10. The van der Waals surface area contributed by atoms with Gasteiger partial charge >= 0.3 is 0 Å². The van der Waals surface area contributed by atoms with E-state index in [1.165, 1.54) is 31.2 Å². The van der Waals surface area contributed by atoms with Gasteiger partial charge in [-0.2, -0.15) is 0 Å².